The van der Waals surface area contributed by atoms with Gasteiger partial charge >= 0.3 is 0 Å². The van der Waals surface area contributed by atoms with Crippen LogP contribution >= 0.6 is 23.5 Å². The molecule has 0 unspecified atom stereocenters. The highest BCUT2D eigenvalue weighted by molar-refractivity contribution is 8.16. The molecule has 0 saturated carbocycles. The number of likely N-dealkylation sites (N-methyl/N-ethyl adjacent to an activating group) is 1. The highest BCUT2D eigenvalue weighted by atomic mass is 32.2. The van der Waals surface area contributed by atoms with E-state index in [1.165, 1.54) is 56.3 Å². The van der Waals surface area contributed by atoms with Crippen LogP contribution in [0.5, 0.6) is 0 Å². The zero-order valence-electron chi connectivity index (χ0n) is 17.2. The van der Waals surface area contributed by atoms with Gasteiger partial charge in [-0.2, -0.15) is 5.26 Å². The normalized spacial score (nSPS) is 33.3. The summed E-state index contributed by atoms with van der Waals surface area (Å²) in [6.45, 7) is 5.79. The Hall–Kier alpha value is -2.45. The van der Waals surface area contributed by atoms with Crippen molar-refractivity contribution in [3.8, 4) is 6.07 Å². The lowest BCUT2D eigenvalue weighted by Gasteiger charge is -2.52. The van der Waals surface area contributed by atoms with Crippen LogP contribution in [-0.2, 0) is 19.2 Å². The number of thioether (sulfide) groups is 2. The molecule has 4 atom stereocenters. The Kier molecular flexibility index (Phi) is 5.45. The summed E-state index contributed by atoms with van der Waals surface area (Å²) in [4.78, 5) is 59.1. The molecule has 3 heterocycles. The van der Waals surface area contributed by atoms with Gasteiger partial charge < -0.3 is 9.80 Å². The van der Waals surface area contributed by atoms with Gasteiger partial charge in [-0.05, 0) is 25.6 Å². The van der Waals surface area contributed by atoms with Crippen LogP contribution in [-0.4, -0.2) is 58.6 Å². The third-order valence-corrected chi connectivity index (χ3v) is 7.83. The Morgan fingerprint density at radius 2 is 1.70 bits per heavy atom. The first-order valence-corrected chi connectivity index (χ1v) is 10.7. The molecule has 0 bridgehead atoms. The summed E-state index contributed by atoms with van der Waals surface area (Å²) in [7, 11) is 1.44. The Morgan fingerprint density at radius 3 is 2.20 bits per heavy atom. The van der Waals surface area contributed by atoms with Crippen molar-refractivity contribution in [1.29, 1.82) is 5.26 Å². The molecule has 1 aromatic rings. The van der Waals surface area contributed by atoms with Crippen LogP contribution in [0.4, 0.5) is 0 Å². The number of nitrogens with zero attached hydrogens (tertiary/aromatic N) is 5. The third-order valence-electron chi connectivity index (χ3n) is 5.56. The van der Waals surface area contributed by atoms with Crippen molar-refractivity contribution in [2.75, 3.05) is 7.05 Å². The molecule has 0 N–H and O–H groups in total. The lowest BCUT2D eigenvalue weighted by atomic mass is 9.80. The summed E-state index contributed by atoms with van der Waals surface area (Å²) in [5.41, 5.74) is -0.709. The highest BCUT2D eigenvalue weighted by Gasteiger charge is 2.71. The van der Waals surface area contributed by atoms with E-state index in [-0.39, 0.29) is 16.7 Å². The summed E-state index contributed by atoms with van der Waals surface area (Å²) in [5, 5.41) is 9.37. The number of carbonyl (C=O) groups is 4. The molecule has 1 aromatic heterocycles. The number of hydrogen-bond donors (Lipinski definition) is 0. The minimum Gasteiger partial charge on any atom is -0.320 e. The smallest absolute Gasteiger partial charge is 0.261 e. The summed E-state index contributed by atoms with van der Waals surface area (Å²) < 4.78 is 0. The van der Waals surface area contributed by atoms with Gasteiger partial charge in [0.2, 0.25) is 0 Å². The van der Waals surface area contributed by atoms with Crippen molar-refractivity contribution in [3.05, 3.63) is 24.3 Å². The molecule has 0 aromatic carbocycles. The SMILES string of the molecule is CC(=O)S[C@@]1(C)C(=O)N2[C@@H](c3cncnc3)[C@@](C)(C#N)C[C@]2(SC(C)=O)C(=O)N1C. The number of nitriles is 1. The predicted octanol–water partition coefficient (Wildman–Crippen LogP) is 1.72. The minimum absolute atomic E-state index is 0.0456. The van der Waals surface area contributed by atoms with Crippen molar-refractivity contribution >= 4 is 45.6 Å². The molecule has 30 heavy (non-hydrogen) atoms. The van der Waals surface area contributed by atoms with Gasteiger partial charge in [-0.15, -0.1) is 0 Å². The van der Waals surface area contributed by atoms with Crippen LogP contribution < -0.4 is 0 Å². The molecule has 2 amide bonds. The Labute approximate surface area is 182 Å². The molecule has 2 saturated heterocycles. The van der Waals surface area contributed by atoms with Gasteiger partial charge in [-0.1, -0.05) is 11.8 Å². The average Bonchev–Trinajstić information content (AvgIpc) is 2.94. The number of amides is 2. The first-order chi connectivity index (χ1) is 13.9. The maximum Gasteiger partial charge on any atom is 0.261 e. The maximum absolute atomic E-state index is 13.9. The summed E-state index contributed by atoms with van der Waals surface area (Å²) in [6, 6.07) is 1.38. The average molecular weight is 448 g/mol. The lowest BCUT2D eigenvalue weighted by Crippen LogP contribution is -2.71. The minimum atomic E-state index is -1.60. The number of piperazine rings is 1. The number of rotatable bonds is 3. The molecule has 2 aliphatic rings. The summed E-state index contributed by atoms with van der Waals surface area (Å²) >= 11 is 1.47. The molecule has 11 heteroatoms. The molecular weight excluding hydrogens is 426 g/mol. The summed E-state index contributed by atoms with van der Waals surface area (Å²) in [6.07, 6.45) is 4.27. The summed E-state index contributed by atoms with van der Waals surface area (Å²) in [5.74, 6) is -1.02. The van der Waals surface area contributed by atoms with Crippen molar-refractivity contribution in [1.82, 2.24) is 19.8 Å². The van der Waals surface area contributed by atoms with E-state index >= 15 is 0 Å². The fourth-order valence-corrected chi connectivity index (χ4v) is 6.61. The second-order valence-electron chi connectivity index (χ2n) is 7.77. The van der Waals surface area contributed by atoms with E-state index in [9.17, 15) is 24.4 Å². The van der Waals surface area contributed by atoms with Crippen LogP contribution in [0.25, 0.3) is 0 Å². The molecule has 158 valence electrons. The second-order valence-corrected chi connectivity index (χ2v) is 10.8. The number of aromatic nitrogens is 2. The van der Waals surface area contributed by atoms with E-state index in [1.807, 2.05) is 0 Å². The third kappa shape index (κ3) is 3.09. The molecule has 0 radical (unpaired) electrons. The van der Waals surface area contributed by atoms with Crippen LogP contribution in [0.1, 0.15) is 45.7 Å². The van der Waals surface area contributed by atoms with E-state index in [4.69, 9.17) is 0 Å². The van der Waals surface area contributed by atoms with Crippen molar-refractivity contribution in [2.24, 2.45) is 5.41 Å². The van der Waals surface area contributed by atoms with Gasteiger partial charge in [0.25, 0.3) is 11.8 Å². The molecule has 0 spiro atoms. The van der Waals surface area contributed by atoms with Gasteiger partial charge in [0, 0.05) is 45.3 Å². The Morgan fingerprint density at radius 1 is 1.13 bits per heavy atom. The zero-order valence-corrected chi connectivity index (χ0v) is 18.8. The highest BCUT2D eigenvalue weighted by Crippen LogP contribution is 2.62. The van der Waals surface area contributed by atoms with Crippen LogP contribution in [0.3, 0.4) is 0 Å². The lowest BCUT2D eigenvalue weighted by molar-refractivity contribution is -0.163. The van der Waals surface area contributed by atoms with Gasteiger partial charge in [0.1, 0.15) is 6.33 Å². The van der Waals surface area contributed by atoms with Crippen LogP contribution in [0.15, 0.2) is 18.7 Å². The van der Waals surface area contributed by atoms with Gasteiger partial charge in [0.05, 0.1) is 17.5 Å². The first kappa shape index (κ1) is 22.2. The molecule has 2 aliphatic heterocycles. The Balaban J connectivity index is 2.30. The monoisotopic (exact) mass is 447 g/mol. The molecule has 3 rings (SSSR count). The number of fused-ring (bicyclic) bond motifs is 1. The predicted molar refractivity (Wildman–Crippen MR) is 110 cm³/mol. The van der Waals surface area contributed by atoms with Crippen molar-refractivity contribution in [2.45, 2.75) is 49.9 Å². The first-order valence-electron chi connectivity index (χ1n) is 9.10. The quantitative estimate of drug-likeness (QED) is 0.681. The van der Waals surface area contributed by atoms with Gasteiger partial charge in [-0.25, -0.2) is 9.97 Å². The van der Waals surface area contributed by atoms with E-state index in [2.05, 4.69) is 16.0 Å². The molecule has 0 aliphatic carbocycles. The van der Waals surface area contributed by atoms with E-state index in [0.717, 1.165) is 23.5 Å². The molecule has 9 nitrogen and oxygen atoms in total. The number of carbonyl (C=O) groups excluding carboxylic acids is 4. The van der Waals surface area contributed by atoms with Crippen molar-refractivity contribution in [3.63, 3.8) is 0 Å². The topological polar surface area (TPSA) is 124 Å². The van der Waals surface area contributed by atoms with Crippen LogP contribution in [0.2, 0.25) is 0 Å². The fraction of sp³-hybridized carbons (Fsp3) is 0.526. The Bertz CT molecular complexity index is 983. The zero-order chi connectivity index (χ0) is 22.5. The van der Waals surface area contributed by atoms with Gasteiger partial charge in [0.15, 0.2) is 20.0 Å². The standard InChI is InChI=1S/C19H21N5O4S2/c1-11(25)29-18(4)15(27)24-14(13-6-21-10-22-7-13)17(3,9-20)8-19(24,30-12(2)26)16(28)23(18)5/h6-7,10,14H,8H2,1-5H3/t14-,17+,18-,19-/m0/s1. The maximum atomic E-state index is 13.9. The number of hydrogen-bond acceptors (Lipinski definition) is 9. The van der Waals surface area contributed by atoms with E-state index in [1.54, 1.807) is 6.92 Å². The van der Waals surface area contributed by atoms with E-state index < -0.39 is 33.0 Å². The van der Waals surface area contributed by atoms with E-state index in [0.29, 0.717) is 5.56 Å². The second kappa shape index (κ2) is 7.35. The van der Waals surface area contributed by atoms with Crippen LogP contribution in [0, 0.1) is 16.7 Å². The van der Waals surface area contributed by atoms with Gasteiger partial charge in [-0.3, -0.25) is 19.2 Å². The largest absolute Gasteiger partial charge is 0.320 e. The molecule has 2 fully saturated rings. The fourth-order valence-electron chi connectivity index (χ4n) is 4.28. The van der Waals surface area contributed by atoms with Crippen molar-refractivity contribution < 1.29 is 19.2 Å². The molecular formula is C19H21N5O4S2.